The molecule has 4 heteroatoms. The molecule has 0 aromatic rings. The number of carbonyl (C=O) groups excluding carboxylic acids is 1. The number of nitrogens with two attached hydrogens (primary N) is 1. The summed E-state index contributed by atoms with van der Waals surface area (Å²) in [5.74, 6) is 0.319. The van der Waals surface area contributed by atoms with Gasteiger partial charge in [0.2, 0.25) is 0 Å². The molecule has 0 heterocycles. The lowest BCUT2D eigenvalue weighted by Gasteiger charge is -2.57. The van der Waals surface area contributed by atoms with Crippen molar-refractivity contribution in [2.45, 2.75) is 66.3 Å². The predicted octanol–water partition coefficient (Wildman–Crippen LogP) is 3.05. The van der Waals surface area contributed by atoms with Crippen molar-refractivity contribution in [2.75, 3.05) is 26.2 Å². The molecule has 2 aliphatic rings. The molecule has 23 heavy (non-hydrogen) atoms. The lowest BCUT2D eigenvalue weighted by Crippen LogP contribution is -2.66. The fourth-order valence-corrected chi connectivity index (χ4v) is 6.07. The fourth-order valence-electron chi connectivity index (χ4n) is 6.07. The minimum absolute atomic E-state index is 0.0908. The van der Waals surface area contributed by atoms with E-state index in [-0.39, 0.29) is 28.3 Å². The van der Waals surface area contributed by atoms with Gasteiger partial charge in [-0.25, -0.2) is 0 Å². The molecule has 0 aliphatic heterocycles. The van der Waals surface area contributed by atoms with E-state index in [2.05, 4.69) is 39.5 Å². The molecule has 0 saturated heterocycles. The molecule has 0 radical (unpaired) electrons. The summed E-state index contributed by atoms with van der Waals surface area (Å²) in [5.41, 5.74) is 6.31. The Hall–Kier alpha value is -0.610. The number of ether oxygens (including phenoxy) is 1. The van der Waals surface area contributed by atoms with Crippen LogP contribution >= 0.6 is 0 Å². The molecule has 2 fully saturated rings. The molecule has 0 spiro atoms. The quantitative estimate of drug-likeness (QED) is 0.731. The Balaban J connectivity index is 2.57. The van der Waals surface area contributed by atoms with Crippen molar-refractivity contribution >= 4 is 5.97 Å². The third-order valence-corrected chi connectivity index (χ3v) is 7.66. The summed E-state index contributed by atoms with van der Waals surface area (Å²) in [7, 11) is 0. The maximum absolute atomic E-state index is 12.8. The first-order valence-corrected chi connectivity index (χ1v) is 9.38. The number of esters is 1. The Morgan fingerprint density at radius 2 is 1.87 bits per heavy atom. The number of nitrogens with zero attached hydrogens (tertiary/aromatic N) is 1. The van der Waals surface area contributed by atoms with Gasteiger partial charge in [-0.05, 0) is 56.0 Å². The van der Waals surface area contributed by atoms with Crippen molar-refractivity contribution in [3.05, 3.63) is 0 Å². The molecular weight excluding hydrogens is 288 g/mol. The molecule has 4 atom stereocenters. The third kappa shape index (κ3) is 2.28. The fraction of sp³-hybridized carbons (Fsp3) is 0.947. The van der Waals surface area contributed by atoms with Crippen LogP contribution in [0.15, 0.2) is 0 Å². The average molecular weight is 325 g/mol. The molecule has 4 nitrogen and oxygen atoms in total. The van der Waals surface area contributed by atoms with E-state index in [1.165, 1.54) is 12.8 Å². The highest BCUT2D eigenvalue weighted by atomic mass is 16.5. The van der Waals surface area contributed by atoms with Gasteiger partial charge < -0.3 is 10.5 Å². The molecule has 2 aliphatic carbocycles. The number of rotatable bonds is 7. The SMILES string of the molecule is CCOC(=O)[C@H](CN)[C@]1(N(CC)CC)C[C@@H]2CC[C@@]1(C)C2(C)C. The van der Waals surface area contributed by atoms with Crippen molar-refractivity contribution in [3.8, 4) is 0 Å². The van der Waals surface area contributed by atoms with E-state index < -0.39 is 0 Å². The Morgan fingerprint density at radius 3 is 2.22 bits per heavy atom. The number of carbonyl (C=O) groups is 1. The van der Waals surface area contributed by atoms with Crippen LogP contribution in [0.3, 0.4) is 0 Å². The maximum atomic E-state index is 12.8. The summed E-state index contributed by atoms with van der Waals surface area (Å²) in [6, 6.07) is 0. The van der Waals surface area contributed by atoms with Crippen LogP contribution in [0, 0.1) is 22.7 Å². The number of hydrogen-bond acceptors (Lipinski definition) is 4. The van der Waals surface area contributed by atoms with Gasteiger partial charge in [0.05, 0.1) is 12.5 Å². The van der Waals surface area contributed by atoms with Crippen LogP contribution in [0.5, 0.6) is 0 Å². The first-order valence-electron chi connectivity index (χ1n) is 9.38. The van der Waals surface area contributed by atoms with Gasteiger partial charge in [-0.15, -0.1) is 0 Å². The first-order chi connectivity index (χ1) is 10.8. The summed E-state index contributed by atoms with van der Waals surface area (Å²) in [6.07, 6.45) is 3.52. The van der Waals surface area contributed by atoms with Gasteiger partial charge in [0.25, 0.3) is 0 Å². The summed E-state index contributed by atoms with van der Waals surface area (Å²) < 4.78 is 5.45. The van der Waals surface area contributed by atoms with Crippen LogP contribution in [-0.2, 0) is 9.53 Å². The second kappa shape index (κ2) is 6.36. The zero-order valence-corrected chi connectivity index (χ0v) is 15.9. The zero-order valence-electron chi connectivity index (χ0n) is 15.9. The Labute approximate surface area is 142 Å². The van der Waals surface area contributed by atoms with Gasteiger partial charge in [0, 0.05) is 12.1 Å². The van der Waals surface area contributed by atoms with Crippen LogP contribution < -0.4 is 5.73 Å². The van der Waals surface area contributed by atoms with E-state index in [4.69, 9.17) is 10.5 Å². The highest BCUT2D eigenvalue weighted by Gasteiger charge is 2.72. The minimum Gasteiger partial charge on any atom is -0.466 e. The van der Waals surface area contributed by atoms with Crippen molar-refractivity contribution in [3.63, 3.8) is 0 Å². The molecule has 0 aromatic carbocycles. The minimum atomic E-state index is -0.239. The average Bonchev–Trinajstić information content (AvgIpc) is 2.82. The lowest BCUT2D eigenvalue weighted by molar-refractivity contribution is -0.162. The van der Waals surface area contributed by atoms with Crippen molar-refractivity contribution in [1.29, 1.82) is 0 Å². The van der Waals surface area contributed by atoms with E-state index >= 15 is 0 Å². The molecule has 2 rings (SSSR count). The molecular formula is C19H36N2O2. The second-order valence-electron chi connectivity index (χ2n) is 8.13. The number of hydrogen-bond donors (Lipinski definition) is 1. The second-order valence-corrected chi connectivity index (χ2v) is 8.13. The highest BCUT2D eigenvalue weighted by Crippen LogP contribution is 2.72. The molecule has 2 bridgehead atoms. The van der Waals surface area contributed by atoms with E-state index in [0.717, 1.165) is 19.5 Å². The normalized spacial score (nSPS) is 36.4. The molecule has 0 aromatic heterocycles. The van der Waals surface area contributed by atoms with Gasteiger partial charge >= 0.3 is 5.97 Å². The van der Waals surface area contributed by atoms with Crippen molar-refractivity contribution in [1.82, 2.24) is 4.90 Å². The molecule has 134 valence electrons. The summed E-state index contributed by atoms with van der Waals surface area (Å²) >= 11 is 0. The van der Waals surface area contributed by atoms with Gasteiger partial charge in [-0.1, -0.05) is 34.6 Å². The van der Waals surface area contributed by atoms with E-state index in [0.29, 0.717) is 19.1 Å². The molecule has 0 amide bonds. The predicted molar refractivity (Wildman–Crippen MR) is 94.1 cm³/mol. The van der Waals surface area contributed by atoms with Crippen LogP contribution in [0.4, 0.5) is 0 Å². The summed E-state index contributed by atoms with van der Waals surface area (Å²) in [4.78, 5) is 15.3. The van der Waals surface area contributed by atoms with E-state index in [1.807, 2.05) is 6.92 Å². The smallest absolute Gasteiger partial charge is 0.312 e. The van der Waals surface area contributed by atoms with Crippen LogP contribution in [0.25, 0.3) is 0 Å². The maximum Gasteiger partial charge on any atom is 0.312 e. The summed E-state index contributed by atoms with van der Waals surface area (Å²) in [6.45, 7) is 16.2. The largest absolute Gasteiger partial charge is 0.466 e. The highest BCUT2D eigenvalue weighted by molar-refractivity contribution is 5.75. The van der Waals surface area contributed by atoms with Gasteiger partial charge in [-0.2, -0.15) is 0 Å². The Morgan fingerprint density at radius 1 is 1.26 bits per heavy atom. The zero-order chi connectivity index (χ0) is 17.5. The third-order valence-electron chi connectivity index (χ3n) is 7.66. The van der Waals surface area contributed by atoms with Gasteiger partial charge in [0.15, 0.2) is 0 Å². The van der Waals surface area contributed by atoms with Crippen LogP contribution in [0.1, 0.15) is 60.8 Å². The van der Waals surface area contributed by atoms with Gasteiger partial charge in [0.1, 0.15) is 0 Å². The van der Waals surface area contributed by atoms with Crippen molar-refractivity contribution in [2.24, 2.45) is 28.4 Å². The van der Waals surface area contributed by atoms with Crippen LogP contribution in [0.2, 0.25) is 0 Å². The molecule has 2 saturated carbocycles. The standard InChI is InChI=1S/C19H36N2O2/c1-7-21(8-2)19(15(13-20)16(22)23-9-3)12-14-10-11-18(19,6)17(14,4)5/h14-15H,7-13,20H2,1-6H3/t14-,15-,18-,19+/m0/s1. The van der Waals surface area contributed by atoms with Crippen LogP contribution in [-0.4, -0.2) is 42.6 Å². The molecule has 2 N–H and O–H groups in total. The van der Waals surface area contributed by atoms with Crippen molar-refractivity contribution < 1.29 is 9.53 Å². The van der Waals surface area contributed by atoms with Gasteiger partial charge in [-0.3, -0.25) is 9.69 Å². The first kappa shape index (κ1) is 18.7. The lowest BCUT2D eigenvalue weighted by atomic mass is 9.57. The summed E-state index contributed by atoms with van der Waals surface area (Å²) in [5, 5.41) is 0. The Kier molecular flexibility index (Phi) is 5.18. The van der Waals surface area contributed by atoms with E-state index in [9.17, 15) is 4.79 Å². The number of fused-ring (bicyclic) bond motifs is 2. The topological polar surface area (TPSA) is 55.6 Å². The molecule has 0 unspecified atom stereocenters. The van der Waals surface area contributed by atoms with E-state index in [1.54, 1.807) is 0 Å². The monoisotopic (exact) mass is 324 g/mol. The Bertz CT molecular complexity index is 447.